The van der Waals surface area contributed by atoms with Crippen molar-refractivity contribution < 1.29 is 14.6 Å². The number of phenols is 1. The van der Waals surface area contributed by atoms with Crippen molar-refractivity contribution >= 4 is 51.4 Å². The second-order valence-electron chi connectivity index (χ2n) is 5.67. The molecule has 3 rings (SSSR count). The summed E-state index contributed by atoms with van der Waals surface area (Å²) in [5.41, 5.74) is 2.58. The topological polar surface area (TPSA) is 71.5 Å². The molecule has 0 atom stereocenters. The minimum atomic E-state index is -0.524. The molecule has 0 amide bonds. The molecule has 1 aromatic heterocycles. The first-order valence-electron chi connectivity index (χ1n) is 7.92. The Morgan fingerprint density at radius 2 is 2.00 bits per heavy atom. The quantitative estimate of drug-likeness (QED) is 0.456. The number of fused-ring (bicyclic) bond motifs is 1. The van der Waals surface area contributed by atoms with Crippen LogP contribution in [0.15, 0.2) is 36.5 Å². The molecule has 0 bridgehead atoms. The summed E-state index contributed by atoms with van der Waals surface area (Å²) in [6.07, 6.45) is 1.45. The number of aromatic hydroxyl groups is 1. The lowest BCUT2D eigenvalue weighted by atomic mass is 10.1. The number of pyridine rings is 1. The molecule has 2 N–H and O–H groups in total. The van der Waals surface area contributed by atoms with Crippen LogP contribution in [0.25, 0.3) is 10.9 Å². The van der Waals surface area contributed by atoms with E-state index < -0.39 is 5.97 Å². The van der Waals surface area contributed by atoms with Crippen LogP contribution in [0.2, 0.25) is 10.0 Å². The van der Waals surface area contributed by atoms with Crippen LogP contribution in [0.3, 0.4) is 0 Å². The van der Waals surface area contributed by atoms with E-state index in [1.807, 2.05) is 6.92 Å². The molecule has 0 unspecified atom stereocenters. The van der Waals surface area contributed by atoms with Gasteiger partial charge in [0.25, 0.3) is 0 Å². The molecule has 2 aromatic carbocycles. The van der Waals surface area contributed by atoms with E-state index in [0.717, 1.165) is 5.56 Å². The number of carbonyl (C=O) groups excluding carboxylic acids is 1. The number of esters is 1. The number of phenolic OH excluding ortho intramolecular Hbond substituents is 1. The summed E-state index contributed by atoms with van der Waals surface area (Å²) in [5.74, 6) is -0.531. The highest BCUT2D eigenvalue weighted by Crippen LogP contribution is 2.36. The van der Waals surface area contributed by atoms with Gasteiger partial charge >= 0.3 is 5.97 Å². The second kappa shape index (κ2) is 7.40. The zero-order valence-electron chi connectivity index (χ0n) is 14.1. The fraction of sp³-hybridized carbons (Fsp3) is 0.158. The number of nitrogens with zero attached hydrogens (tertiary/aromatic N) is 1. The van der Waals surface area contributed by atoms with Crippen LogP contribution in [0.4, 0.5) is 11.4 Å². The Kier molecular flexibility index (Phi) is 5.20. The zero-order valence-corrected chi connectivity index (χ0v) is 15.6. The van der Waals surface area contributed by atoms with Gasteiger partial charge < -0.3 is 15.2 Å². The molecule has 0 aliphatic carbocycles. The first-order chi connectivity index (χ1) is 12.4. The van der Waals surface area contributed by atoms with Crippen LogP contribution in [0.1, 0.15) is 22.8 Å². The van der Waals surface area contributed by atoms with Gasteiger partial charge in [0.1, 0.15) is 11.3 Å². The van der Waals surface area contributed by atoms with Gasteiger partial charge in [0.15, 0.2) is 0 Å². The molecule has 0 radical (unpaired) electrons. The third-order valence-electron chi connectivity index (χ3n) is 3.84. The van der Waals surface area contributed by atoms with Gasteiger partial charge in [0, 0.05) is 21.6 Å². The first-order valence-corrected chi connectivity index (χ1v) is 8.67. The van der Waals surface area contributed by atoms with Crippen molar-refractivity contribution in [1.82, 2.24) is 4.98 Å². The summed E-state index contributed by atoms with van der Waals surface area (Å²) in [4.78, 5) is 16.8. The number of halogens is 2. The van der Waals surface area contributed by atoms with Crippen LogP contribution >= 0.6 is 23.2 Å². The third-order valence-corrected chi connectivity index (χ3v) is 4.29. The zero-order chi connectivity index (χ0) is 18.8. The molecule has 7 heteroatoms. The molecule has 26 heavy (non-hydrogen) atoms. The molecule has 0 aliphatic rings. The van der Waals surface area contributed by atoms with E-state index in [9.17, 15) is 9.90 Å². The first kappa shape index (κ1) is 18.3. The molecule has 1 heterocycles. The van der Waals surface area contributed by atoms with Crippen molar-refractivity contribution in [2.75, 3.05) is 11.9 Å². The number of hydrogen-bond acceptors (Lipinski definition) is 5. The predicted octanol–water partition coefficient (Wildman–Crippen LogP) is 5.48. The van der Waals surface area contributed by atoms with E-state index in [4.69, 9.17) is 27.9 Å². The summed E-state index contributed by atoms with van der Waals surface area (Å²) in [6.45, 7) is 3.84. The van der Waals surface area contributed by atoms with Gasteiger partial charge in [-0.15, -0.1) is 0 Å². The van der Waals surface area contributed by atoms with Crippen LogP contribution in [-0.4, -0.2) is 22.7 Å². The van der Waals surface area contributed by atoms with Gasteiger partial charge in [0.05, 0.1) is 23.5 Å². The summed E-state index contributed by atoms with van der Waals surface area (Å²) in [6, 6.07) is 8.11. The van der Waals surface area contributed by atoms with E-state index in [1.165, 1.54) is 12.3 Å². The van der Waals surface area contributed by atoms with Crippen molar-refractivity contribution in [3.05, 3.63) is 57.7 Å². The van der Waals surface area contributed by atoms with Crippen molar-refractivity contribution in [2.24, 2.45) is 0 Å². The van der Waals surface area contributed by atoms with Crippen LogP contribution in [0.5, 0.6) is 5.75 Å². The Labute approximate surface area is 160 Å². The lowest BCUT2D eigenvalue weighted by Crippen LogP contribution is -2.09. The average molecular weight is 391 g/mol. The Hall–Kier alpha value is -2.50. The Morgan fingerprint density at radius 3 is 2.73 bits per heavy atom. The van der Waals surface area contributed by atoms with E-state index in [0.29, 0.717) is 32.3 Å². The van der Waals surface area contributed by atoms with Gasteiger partial charge in [-0.1, -0.05) is 23.2 Å². The number of aryl methyl sites for hydroxylation is 1. The molecule has 3 aromatic rings. The van der Waals surface area contributed by atoms with Gasteiger partial charge in [-0.3, -0.25) is 4.98 Å². The molecular formula is C19H16Cl2N2O3. The largest absolute Gasteiger partial charge is 0.506 e. The smallest absolute Gasteiger partial charge is 0.341 e. The Morgan fingerprint density at radius 1 is 1.23 bits per heavy atom. The van der Waals surface area contributed by atoms with Gasteiger partial charge in [-0.05, 0) is 49.7 Å². The van der Waals surface area contributed by atoms with Gasteiger partial charge in [-0.2, -0.15) is 0 Å². The van der Waals surface area contributed by atoms with E-state index >= 15 is 0 Å². The number of ether oxygens (including phenoxy) is 1. The highest BCUT2D eigenvalue weighted by atomic mass is 35.5. The molecule has 0 saturated carbocycles. The number of hydrogen-bond donors (Lipinski definition) is 2. The lowest BCUT2D eigenvalue weighted by Gasteiger charge is -2.16. The van der Waals surface area contributed by atoms with Gasteiger partial charge in [-0.25, -0.2) is 4.79 Å². The second-order valence-corrected chi connectivity index (χ2v) is 6.55. The molecule has 5 nitrogen and oxygen atoms in total. The van der Waals surface area contributed by atoms with E-state index in [-0.39, 0.29) is 17.9 Å². The van der Waals surface area contributed by atoms with Crippen LogP contribution < -0.4 is 5.32 Å². The number of carbonyl (C=O) groups is 1. The average Bonchev–Trinajstić information content (AvgIpc) is 2.58. The highest BCUT2D eigenvalue weighted by molar-refractivity contribution is 6.32. The maximum absolute atomic E-state index is 12.4. The number of nitrogens with one attached hydrogen (secondary N) is 1. The Balaban J connectivity index is 2.26. The Bertz CT molecular complexity index is 1010. The SMILES string of the molecule is CCOC(=O)c1cnc2c(C)cc(Cl)cc2c1Nc1cc(Cl)ccc1O. The number of rotatable bonds is 4. The minimum Gasteiger partial charge on any atom is -0.506 e. The third kappa shape index (κ3) is 3.54. The maximum atomic E-state index is 12.4. The van der Waals surface area contributed by atoms with Crippen LogP contribution in [-0.2, 0) is 4.74 Å². The fourth-order valence-electron chi connectivity index (χ4n) is 2.68. The normalized spacial score (nSPS) is 10.8. The molecule has 134 valence electrons. The monoisotopic (exact) mass is 390 g/mol. The fourth-order valence-corrected chi connectivity index (χ4v) is 3.12. The minimum absolute atomic E-state index is 0.00655. The number of anilines is 2. The standard InChI is InChI=1S/C19H16Cl2N2O3/c1-3-26-19(25)14-9-22-17-10(2)6-12(21)7-13(17)18(14)23-15-8-11(20)4-5-16(15)24/h4-9,24H,3H2,1-2H3,(H,22,23). The summed E-state index contributed by atoms with van der Waals surface area (Å²) in [5, 5.41) is 14.8. The molecule has 0 saturated heterocycles. The lowest BCUT2D eigenvalue weighted by molar-refractivity contribution is 0.0527. The maximum Gasteiger partial charge on any atom is 0.341 e. The van der Waals surface area contributed by atoms with Crippen molar-refractivity contribution in [1.29, 1.82) is 0 Å². The highest BCUT2D eigenvalue weighted by Gasteiger charge is 2.19. The number of benzene rings is 2. The predicted molar refractivity (Wildman–Crippen MR) is 104 cm³/mol. The summed E-state index contributed by atoms with van der Waals surface area (Å²) >= 11 is 12.2. The summed E-state index contributed by atoms with van der Waals surface area (Å²) in [7, 11) is 0. The van der Waals surface area contributed by atoms with Gasteiger partial charge in [0.2, 0.25) is 0 Å². The molecule has 0 aliphatic heterocycles. The molecule has 0 fully saturated rings. The molecule has 0 spiro atoms. The van der Waals surface area contributed by atoms with Crippen molar-refractivity contribution in [3.63, 3.8) is 0 Å². The summed E-state index contributed by atoms with van der Waals surface area (Å²) < 4.78 is 5.13. The molecular weight excluding hydrogens is 375 g/mol. The number of aromatic nitrogens is 1. The van der Waals surface area contributed by atoms with Crippen LogP contribution in [0, 0.1) is 6.92 Å². The van der Waals surface area contributed by atoms with E-state index in [1.54, 1.807) is 31.2 Å². The van der Waals surface area contributed by atoms with Crippen molar-refractivity contribution in [2.45, 2.75) is 13.8 Å². The van der Waals surface area contributed by atoms with Crippen molar-refractivity contribution in [3.8, 4) is 5.75 Å². The van der Waals surface area contributed by atoms with E-state index in [2.05, 4.69) is 10.3 Å².